The van der Waals surface area contributed by atoms with Crippen molar-refractivity contribution >= 4 is 23.5 Å². The first-order chi connectivity index (χ1) is 10.5. The van der Waals surface area contributed by atoms with Crippen LogP contribution in [-0.2, 0) is 19.1 Å². The molecule has 0 saturated carbocycles. The van der Waals surface area contributed by atoms with Crippen molar-refractivity contribution in [3.63, 3.8) is 0 Å². The van der Waals surface area contributed by atoms with Gasteiger partial charge in [-0.15, -0.1) is 0 Å². The van der Waals surface area contributed by atoms with Crippen molar-refractivity contribution in [2.75, 3.05) is 19.0 Å². The third-order valence-electron chi connectivity index (χ3n) is 3.08. The average molecular weight is 308 g/mol. The number of hydrogen-bond acceptors (Lipinski definition) is 6. The minimum atomic E-state index is -1.17. The van der Waals surface area contributed by atoms with Gasteiger partial charge in [0.2, 0.25) is 5.91 Å². The van der Waals surface area contributed by atoms with Gasteiger partial charge in [-0.25, -0.2) is 4.79 Å². The van der Waals surface area contributed by atoms with Crippen LogP contribution >= 0.6 is 0 Å². The first-order valence-corrected chi connectivity index (χ1v) is 6.59. The number of ether oxygens (including phenoxy) is 2. The van der Waals surface area contributed by atoms with Gasteiger partial charge in [0.15, 0.2) is 12.1 Å². The van der Waals surface area contributed by atoms with Crippen LogP contribution in [0.4, 0.5) is 5.69 Å². The Kier molecular flexibility index (Phi) is 4.95. The molecule has 1 aromatic carbocycles. The molecule has 3 N–H and O–H groups in total. The lowest BCUT2D eigenvalue weighted by Crippen LogP contribution is -2.47. The molecule has 1 heterocycles. The third-order valence-corrected chi connectivity index (χ3v) is 3.08. The topological polar surface area (TPSA) is 114 Å². The lowest BCUT2D eigenvalue weighted by atomic mass is 10.1. The largest absolute Gasteiger partial charge is 0.478 e. The van der Waals surface area contributed by atoms with E-state index >= 15 is 0 Å². The van der Waals surface area contributed by atoms with Gasteiger partial charge >= 0.3 is 5.97 Å². The number of methoxy groups -OCH3 is 1. The lowest BCUT2D eigenvalue weighted by molar-refractivity contribution is -0.146. The number of rotatable bonds is 5. The molecule has 0 saturated heterocycles. The van der Waals surface area contributed by atoms with Crippen molar-refractivity contribution < 1.29 is 29.0 Å². The van der Waals surface area contributed by atoms with Crippen molar-refractivity contribution in [1.29, 1.82) is 0 Å². The quantitative estimate of drug-likeness (QED) is 0.628. The van der Waals surface area contributed by atoms with Crippen LogP contribution in [0.2, 0.25) is 0 Å². The fourth-order valence-electron chi connectivity index (χ4n) is 1.97. The maximum absolute atomic E-state index is 11.9. The van der Waals surface area contributed by atoms with Gasteiger partial charge in [0.05, 0.1) is 25.8 Å². The molecule has 2 amide bonds. The van der Waals surface area contributed by atoms with Crippen LogP contribution in [0.25, 0.3) is 0 Å². The van der Waals surface area contributed by atoms with Crippen molar-refractivity contribution in [1.82, 2.24) is 5.32 Å². The SMILES string of the molecule is COC(=O)[C@@H](CO)NC(=O)C[C@H]1Oc2ccccc2NC1=O. The third kappa shape index (κ3) is 3.53. The van der Waals surface area contributed by atoms with E-state index in [0.717, 1.165) is 7.11 Å². The molecule has 0 aromatic heterocycles. The normalized spacial score (nSPS) is 17.5. The van der Waals surface area contributed by atoms with E-state index in [0.29, 0.717) is 11.4 Å². The Morgan fingerprint density at radius 3 is 2.86 bits per heavy atom. The predicted octanol–water partition coefficient (Wildman–Crippen LogP) is -0.574. The van der Waals surface area contributed by atoms with Crippen LogP contribution in [0.15, 0.2) is 24.3 Å². The number of carbonyl (C=O) groups is 3. The number of nitrogens with one attached hydrogen (secondary N) is 2. The summed E-state index contributed by atoms with van der Waals surface area (Å²) in [7, 11) is 1.14. The second-order valence-electron chi connectivity index (χ2n) is 4.62. The minimum absolute atomic E-state index is 0.284. The Morgan fingerprint density at radius 1 is 1.45 bits per heavy atom. The summed E-state index contributed by atoms with van der Waals surface area (Å²) in [6.45, 7) is -0.598. The van der Waals surface area contributed by atoms with Gasteiger partial charge in [0.1, 0.15) is 5.75 Å². The Hall–Kier alpha value is -2.61. The summed E-state index contributed by atoms with van der Waals surface area (Å²) in [4.78, 5) is 35.0. The average Bonchev–Trinajstić information content (AvgIpc) is 2.52. The number of aliphatic hydroxyl groups excluding tert-OH is 1. The molecule has 0 radical (unpaired) electrons. The van der Waals surface area contributed by atoms with Gasteiger partial charge in [-0.1, -0.05) is 12.1 Å². The van der Waals surface area contributed by atoms with Crippen LogP contribution in [0, 0.1) is 0 Å². The summed E-state index contributed by atoms with van der Waals surface area (Å²) in [5.74, 6) is -1.36. The molecule has 8 nitrogen and oxygen atoms in total. The molecule has 0 unspecified atom stereocenters. The molecule has 1 aromatic rings. The molecule has 0 bridgehead atoms. The van der Waals surface area contributed by atoms with Crippen LogP contribution in [0.1, 0.15) is 6.42 Å². The van der Waals surface area contributed by atoms with Crippen LogP contribution < -0.4 is 15.4 Å². The second-order valence-corrected chi connectivity index (χ2v) is 4.62. The van der Waals surface area contributed by atoms with Gasteiger partial charge in [-0.2, -0.15) is 0 Å². The summed E-state index contributed by atoms with van der Waals surface area (Å²) in [6, 6.07) is 5.67. The maximum atomic E-state index is 11.9. The molecule has 1 aliphatic rings. The van der Waals surface area contributed by atoms with Crippen molar-refractivity contribution in [2.45, 2.75) is 18.6 Å². The molecule has 22 heavy (non-hydrogen) atoms. The van der Waals surface area contributed by atoms with E-state index in [1.54, 1.807) is 24.3 Å². The Bertz CT molecular complexity index is 588. The van der Waals surface area contributed by atoms with Gasteiger partial charge in [0.25, 0.3) is 5.91 Å². The van der Waals surface area contributed by atoms with Gasteiger partial charge in [-0.3, -0.25) is 9.59 Å². The van der Waals surface area contributed by atoms with Crippen LogP contribution in [0.3, 0.4) is 0 Å². The van der Waals surface area contributed by atoms with E-state index in [-0.39, 0.29) is 6.42 Å². The van der Waals surface area contributed by atoms with Crippen molar-refractivity contribution in [3.8, 4) is 5.75 Å². The molecular weight excluding hydrogens is 292 g/mol. The molecule has 1 aliphatic heterocycles. The van der Waals surface area contributed by atoms with Crippen molar-refractivity contribution in [3.05, 3.63) is 24.3 Å². The molecule has 0 aliphatic carbocycles. The highest BCUT2D eigenvalue weighted by molar-refractivity contribution is 6.00. The van der Waals surface area contributed by atoms with E-state index in [9.17, 15) is 14.4 Å². The fraction of sp³-hybridized carbons (Fsp3) is 0.357. The Balaban J connectivity index is 1.97. The Morgan fingerprint density at radius 2 is 2.18 bits per heavy atom. The molecule has 0 spiro atoms. The predicted molar refractivity (Wildman–Crippen MR) is 75.1 cm³/mol. The van der Waals surface area contributed by atoms with E-state index in [1.165, 1.54) is 0 Å². The highest BCUT2D eigenvalue weighted by Gasteiger charge is 2.31. The van der Waals surface area contributed by atoms with Crippen LogP contribution in [0.5, 0.6) is 5.75 Å². The fourth-order valence-corrected chi connectivity index (χ4v) is 1.97. The summed E-state index contributed by atoms with van der Waals surface area (Å²) in [5.41, 5.74) is 0.534. The highest BCUT2D eigenvalue weighted by atomic mass is 16.5. The van der Waals surface area contributed by atoms with Gasteiger partial charge in [0, 0.05) is 0 Å². The number of amides is 2. The lowest BCUT2D eigenvalue weighted by Gasteiger charge is -2.25. The highest BCUT2D eigenvalue weighted by Crippen LogP contribution is 2.29. The molecule has 2 rings (SSSR count). The molecule has 2 atom stereocenters. The number of benzene rings is 1. The second kappa shape index (κ2) is 6.90. The zero-order valence-corrected chi connectivity index (χ0v) is 11.9. The smallest absolute Gasteiger partial charge is 0.330 e. The zero-order chi connectivity index (χ0) is 16.1. The number of para-hydroxylation sites is 2. The molecule has 8 heteroatoms. The molecule has 0 fully saturated rings. The number of anilines is 1. The number of aliphatic hydroxyl groups is 1. The minimum Gasteiger partial charge on any atom is -0.478 e. The first kappa shape index (κ1) is 15.8. The number of fused-ring (bicyclic) bond motifs is 1. The maximum Gasteiger partial charge on any atom is 0.330 e. The van der Waals surface area contributed by atoms with Gasteiger partial charge < -0.3 is 25.2 Å². The van der Waals surface area contributed by atoms with E-state index in [4.69, 9.17) is 9.84 Å². The summed E-state index contributed by atoms with van der Waals surface area (Å²) in [6.07, 6.45) is -1.29. The standard InChI is InChI=1S/C14H16N2O6/c1-21-14(20)9(7-17)15-12(18)6-11-13(19)16-8-4-2-3-5-10(8)22-11/h2-5,9,11,17H,6-7H2,1H3,(H,15,18)(H,16,19)/t9-,11-/m1/s1. The summed E-state index contributed by atoms with van der Waals surface area (Å²) in [5, 5.41) is 14.0. The number of carbonyl (C=O) groups excluding carboxylic acids is 3. The Labute approximate surface area is 126 Å². The molecule has 118 valence electrons. The summed E-state index contributed by atoms with van der Waals surface area (Å²) < 4.78 is 9.90. The summed E-state index contributed by atoms with van der Waals surface area (Å²) >= 11 is 0. The zero-order valence-electron chi connectivity index (χ0n) is 11.9. The van der Waals surface area contributed by atoms with Crippen molar-refractivity contribution in [2.24, 2.45) is 0 Å². The van der Waals surface area contributed by atoms with Crippen LogP contribution in [-0.4, -0.2) is 48.8 Å². The number of esters is 1. The molecular formula is C14H16N2O6. The van der Waals surface area contributed by atoms with E-state index in [1.807, 2.05) is 0 Å². The number of hydrogen-bond donors (Lipinski definition) is 3. The van der Waals surface area contributed by atoms with E-state index in [2.05, 4.69) is 15.4 Å². The van der Waals surface area contributed by atoms with Gasteiger partial charge in [-0.05, 0) is 12.1 Å². The monoisotopic (exact) mass is 308 g/mol. The van der Waals surface area contributed by atoms with E-state index < -0.39 is 36.5 Å². The first-order valence-electron chi connectivity index (χ1n) is 6.59.